The zero-order valence-electron chi connectivity index (χ0n) is 35.1. The minimum absolute atomic E-state index is 0.0876. The summed E-state index contributed by atoms with van der Waals surface area (Å²) in [6.07, 6.45) is 4.25. The normalized spacial score (nSPS) is 15.0. The van der Waals surface area contributed by atoms with Crippen LogP contribution in [0.4, 0.5) is 17.1 Å². The van der Waals surface area contributed by atoms with Crippen molar-refractivity contribution in [3.8, 4) is 44.5 Å². The maximum Gasteiger partial charge on any atom is 0.217 e. The van der Waals surface area contributed by atoms with Gasteiger partial charge in [0.2, 0.25) is 5.90 Å². The molecule has 0 spiro atoms. The molecular weight excluding hydrogens is 777 g/mol. The van der Waals surface area contributed by atoms with Crippen molar-refractivity contribution < 1.29 is 4.74 Å². The first-order valence-corrected chi connectivity index (χ1v) is 22.0. The van der Waals surface area contributed by atoms with Crippen molar-refractivity contribution in [2.75, 3.05) is 4.90 Å². The number of ether oxygens (including phenoxy) is 1. The van der Waals surface area contributed by atoms with Crippen LogP contribution in [0.5, 0.6) is 0 Å². The van der Waals surface area contributed by atoms with Crippen LogP contribution in [0.15, 0.2) is 242 Å². The Kier molecular flexibility index (Phi) is 9.31. The van der Waals surface area contributed by atoms with E-state index >= 15 is 0 Å². The fourth-order valence-electron chi connectivity index (χ4n) is 9.68. The lowest BCUT2D eigenvalue weighted by Crippen LogP contribution is -2.17. The first kappa shape index (κ1) is 37.5. The van der Waals surface area contributed by atoms with Gasteiger partial charge >= 0.3 is 0 Å². The van der Waals surface area contributed by atoms with E-state index in [9.17, 15) is 0 Å². The molecule has 1 aliphatic carbocycles. The number of rotatable bonds is 8. The van der Waals surface area contributed by atoms with Crippen LogP contribution in [-0.2, 0) is 4.74 Å². The third-order valence-electron chi connectivity index (χ3n) is 12.8. The van der Waals surface area contributed by atoms with Crippen molar-refractivity contribution in [2.45, 2.75) is 12.1 Å². The van der Waals surface area contributed by atoms with Gasteiger partial charge in [-0.05, 0) is 138 Å². The van der Waals surface area contributed by atoms with E-state index in [1.54, 1.807) is 0 Å². The summed E-state index contributed by atoms with van der Waals surface area (Å²) in [5.74, 6) is 0.702. The second-order valence-electron chi connectivity index (χ2n) is 16.6. The monoisotopic (exact) mass is 818 g/mol. The quantitative estimate of drug-likeness (QED) is 0.153. The van der Waals surface area contributed by atoms with E-state index in [4.69, 9.17) is 9.73 Å². The molecule has 3 heteroatoms. The summed E-state index contributed by atoms with van der Waals surface area (Å²) in [7, 11) is 0. The van der Waals surface area contributed by atoms with Crippen molar-refractivity contribution in [3.05, 3.63) is 253 Å². The molecule has 1 aliphatic heterocycles. The van der Waals surface area contributed by atoms with Gasteiger partial charge in [0.05, 0.1) is 0 Å². The molecule has 2 unspecified atom stereocenters. The van der Waals surface area contributed by atoms with Gasteiger partial charge in [-0.3, -0.25) is 0 Å². The lowest BCUT2D eigenvalue weighted by atomic mass is 9.88. The average Bonchev–Trinajstić information content (AvgIpc) is 3.82. The van der Waals surface area contributed by atoms with Crippen LogP contribution in [-0.4, -0.2) is 12.0 Å². The van der Waals surface area contributed by atoms with Gasteiger partial charge in [0, 0.05) is 22.6 Å². The number of hydrogen-bond donors (Lipinski definition) is 0. The Balaban J connectivity index is 1.04. The fourth-order valence-corrected chi connectivity index (χ4v) is 9.68. The van der Waals surface area contributed by atoms with Crippen LogP contribution in [0.1, 0.15) is 22.7 Å². The van der Waals surface area contributed by atoms with Gasteiger partial charge in [0.15, 0.2) is 0 Å². The Bertz CT molecular complexity index is 3420. The van der Waals surface area contributed by atoms with Crippen LogP contribution in [0.25, 0.3) is 72.1 Å². The highest BCUT2D eigenvalue weighted by Gasteiger charge is 2.34. The minimum atomic E-state index is -0.120. The molecule has 0 aromatic heterocycles. The summed E-state index contributed by atoms with van der Waals surface area (Å²) in [4.78, 5) is 7.54. The first-order chi connectivity index (χ1) is 31.7. The maximum absolute atomic E-state index is 6.39. The maximum atomic E-state index is 6.39. The molecule has 0 amide bonds. The van der Waals surface area contributed by atoms with Crippen LogP contribution in [0.3, 0.4) is 0 Å². The molecule has 0 saturated heterocycles. The van der Waals surface area contributed by atoms with Gasteiger partial charge in [-0.2, -0.15) is 0 Å². The van der Waals surface area contributed by atoms with Gasteiger partial charge in [-0.1, -0.05) is 182 Å². The molecule has 0 radical (unpaired) electrons. The Morgan fingerprint density at radius 2 is 1.00 bits per heavy atom. The highest BCUT2D eigenvalue weighted by Crippen LogP contribution is 2.46. The summed E-state index contributed by atoms with van der Waals surface area (Å²) in [5.41, 5.74) is 16.0. The van der Waals surface area contributed by atoms with E-state index < -0.39 is 0 Å². The molecule has 0 bridgehead atoms. The predicted octanol–water partition coefficient (Wildman–Crippen LogP) is 16.0. The van der Waals surface area contributed by atoms with Crippen LogP contribution in [0, 0.1) is 0 Å². The summed E-state index contributed by atoms with van der Waals surface area (Å²) >= 11 is 0. The van der Waals surface area contributed by atoms with Crippen molar-refractivity contribution >= 4 is 50.6 Å². The van der Waals surface area contributed by atoms with E-state index in [2.05, 4.69) is 229 Å². The van der Waals surface area contributed by atoms with E-state index in [-0.39, 0.29) is 12.1 Å². The molecular formula is C61H42N2O. The molecule has 2 atom stereocenters. The number of benzene rings is 10. The zero-order chi connectivity index (χ0) is 42.4. The Hall–Kier alpha value is -8.27. The molecule has 302 valence electrons. The molecule has 64 heavy (non-hydrogen) atoms. The summed E-state index contributed by atoms with van der Waals surface area (Å²) in [5, 5.41) is 4.84. The molecule has 10 aromatic carbocycles. The lowest BCUT2D eigenvalue weighted by Gasteiger charge is -2.28. The lowest BCUT2D eigenvalue weighted by molar-refractivity contribution is 0.242. The third kappa shape index (κ3) is 6.75. The first-order valence-electron chi connectivity index (χ1n) is 22.0. The van der Waals surface area contributed by atoms with Crippen molar-refractivity contribution in [1.29, 1.82) is 0 Å². The Morgan fingerprint density at radius 1 is 0.375 bits per heavy atom. The molecule has 2 aliphatic rings. The molecule has 10 aromatic rings. The van der Waals surface area contributed by atoms with E-state index in [0.717, 1.165) is 33.8 Å². The summed E-state index contributed by atoms with van der Waals surface area (Å²) < 4.78 is 6.39. The molecule has 1 heterocycles. The zero-order valence-corrected chi connectivity index (χ0v) is 35.1. The SMILES string of the molecule is C1=CC2OC(c3ccccc3)=NC2c2ccc(-c3cc(N(c4cccc(-c5ccccc5)c4)c4ccc(-c5cccc6ccccc56)c(-c5ccccc5)c4)cc4ccccc34)cc21. The Labute approximate surface area is 373 Å². The fraction of sp³-hybridized carbons (Fsp3) is 0.0328. The van der Waals surface area contributed by atoms with Gasteiger partial charge in [-0.15, -0.1) is 0 Å². The molecule has 12 rings (SSSR count). The van der Waals surface area contributed by atoms with Crippen LogP contribution >= 0.6 is 0 Å². The standard InChI is InChI=1S/C61H42N2O/c1-4-16-41(17-5-1)45-25-14-26-49(37-45)63(50-32-34-56(57(39-50)43-18-6-2-7-19-43)55-29-15-24-42-20-10-12-27-52(42)55)51-38-46-23-11-13-28-53(46)58(40-51)48-30-33-54-47(36-48)31-35-59-60(54)62-61(64-59)44-21-8-3-9-22-44/h1-40,59-60H. The molecule has 0 saturated carbocycles. The number of fused-ring (bicyclic) bond motifs is 5. The average molecular weight is 819 g/mol. The third-order valence-corrected chi connectivity index (χ3v) is 12.8. The minimum Gasteiger partial charge on any atom is -0.467 e. The van der Waals surface area contributed by atoms with Gasteiger partial charge in [0.1, 0.15) is 12.1 Å². The Morgan fingerprint density at radius 3 is 1.80 bits per heavy atom. The smallest absolute Gasteiger partial charge is 0.217 e. The number of anilines is 3. The number of hydrogen-bond acceptors (Lipinski definition) is 3. The number of aliphatic imine (C=N–C) groups is 1. The van der Waals surface area contributed by atoms with Crippen molar-refractivity contribution in [2.24, 2.45) is 4.99 Å². The van der Waals surface area contributed by atoms with Gasteiger partial charge in [0.25, 0.3) is 0 Å². The van der Waals surface area contributed by atoms with Gasteiger partial charge < -0.3 is 9.64 Å². The van der Waals surface area contributed by atoms with Crippen molar-refractivity contribution in [3.63, 3.8) is 0 Å². The molecule has 3 nitrogen and oxygen atoms in total. The summed E-state index contributed by atoms with van der Waals surface area (Å²) in [6.45, 7) is 0. The van der Waals surface area contributed by atoms with Crippen molar-refractivity contribution in [1.82, 2.24) is 0 Å². The molecule has 0 N–H and O–H groups in total. The van der Waals surface area contributed by atoms with Crippen LogP contribution in [0.2, 0.25) is 0 Å². The largest absolute Gasteiger partial charge is 0.467 e. The van der Waals surface area contributed by atoms with Gasteiger partial charge in [-0.25, -0.2) is 4.99 Å². The van der Waals surface area contributed by atoms with E-state index in [1.807, 2.05) is 18.2 Å². The molecule has 0 fully saturated rings. The van der Waals surface area contributed by atoms with Crippen LogP contribution < -0.4 is 4.90 Å². The summed E-state index contributed by atoms with van der Waals surface area (Å²) in [6, 6.07) is 83.1. The number of nitrogens with zero attached hydrogens (tertiary/aromatic N) is 2. The topological polar surface area (TPSA) is 24.8 Å². The highest BCUT2D eigenvalue weighted by atomic mass is 16.5. The second-order valence-corrected chi connectivity index (χ2v) is 16.6. The highest BCUT2D eigenvalue weighted by molar-refractivity contribution is 6.04. The predicted molar refractivity (Wildman–Crippen MR) is 268 cm³/mol. The van der Waals surface area contributed by atoms with E-state index in [0.29, 0.717) is 5.90 Å². The van der Waals surface area contributed by atoms with E-state index in [1.165, 1.54) is 66.1 Å². The second kappa shape index (κ2) is 15.9.